The lowest BCUT2D eigenvalue weighted by Crippen LogP contribution is -2.19. The third kappa shape index (κ3) is 4.22. The molecule has 1 heterocycles. The van der Waals surface area contributed by atoms with E-state index in [1.54, 1.807) is 18.4 Å². The first-order valence-corrected chi connectivity index (χ1v) is 6.03. The van der Waals surface area contributed by atoms with Gasteiger partial charge in [0.25, 0.3) is 0 Å². The molecule has 0 saturated heterocycles. The lowest BCUT2D eigenvalue weighted by molar-refractivity contribution is 0.192. The summed E-state index contributed by atoms with van der Waals surface area (Å²) in [5.41, 5.74) is 1.39. The smallest absolute Gasteiger partial charge is 0.0462 e. The Kier molecular flexibility index (Phi) is 5.83. The van der Waals surface area contributed by atoms with Crippen molar-refractivity contribution in [3.8, 4) is 0 Å². The molecule has 3 heteroatoms. The Hall–Kier alpha value is -0.380. The van der Waals surface area contributed by atoms with Gasteiger partial charge in [0.15, 0.2) is 0 Å². The van der Waals surface area contributed by atoms with Gasteiger partial charge in [-0.3, -0.25) is 0 Å². The maximum Gasteiger partial charge on any atom is 0.0462 e. The minimum atomic E-state index is 0.476. The standard InChI is InChI=1S/C11H19NOS/c1-10(11-5-8-14-9-11)12-6-3-4-7-13-2/h5,8-10,12H,3-4,6-7H2,1-2H3. The Morgan fingerprint density at radius 2 is 2.36 bits per heavy atom. The molecule has 14 heavy (non-hydrogen) atoms. The molecule has 0 bridgehead atoms. The van der Waals surface area contributed by atoms with Crippen LogP contribution in [0, 0.1) is 0 Å². The highest BCUT2D eigenvalue weighted by atomic mass is 32.1. The van der Waals surface area contributed by atoms with Gasteiger partial charge in [0.1, 0.15) is 0 Å². The van der Waals surface area contributed by atoms with Gasteiger partial charge in [-0.15, -0.1) is 0 Å². The number of rotatable bonds is 7. The molecule has 0 aliphatic heterocycles. The van der Waals surface area contributed by atoms with Crippen LogP contribution in [0.1, 0.15) is 31.4 Å². The van der Waals surface area contributed by atoms with Gasteiger partial charge in [0, 0.05) is 19.8 Å². The molecular formula is C11H19NOS. The lowest BCUT2D eigenvalue weighted by atomic mass is 10.2. The van der Waals surface area contributed by atoms with E-state index >= 15 is 0 Å². The van der Waals surface area contributed by atoms with E-state index in [0.29, 0.717) is 6.04 Å². The van der Waals surface area contributed by atoms with Gasteiger partial charge in [-0.2, -0.15) is 11.3 Å². The van der Waals surface area contributed by atoms with Crippen molar-refractivity contribution in [2.45, 2.75) is 25.8 Å². The van der Waals surface area contributed by atoms with Crippen molar-refractivity contribution < 1.29 is 4.74 Å². The van der Waals surface area contributed by atoms with Crippen LogP contribution in [-0.4, -0.2) is 20.3 Å². The zero-order valence-corrected chi connectivity index (χ0v) is 9.77. The van der Waals surface area contributed by atoms with Crippen LogP contribution < -0.4 is 5.32 Å². The summed E-state index contributed by atoms with van der Waals surface area (Å²) < 4.78 is 5.00. The summed E-state index contributed by atoms with van der Waals surface area (Å²) in [6.07, 6.45) is 2.32. The lowest BCUT2D eigenvalue weighted by Gasteiger charge is -2.11. The fourth-order valence-corrected chi connectivity index (χ4v) is 2.08. The van der Waals surface area contributed by atoms with Gasteiger partial charge in [0.2, 0.25) is 0 Å². The second-order valence-electron chi connectivity index (χ2n) is 3.43. The molecule has 1 N–H and O–H groups in total. The molecule has 0 saturated carbocycles. The van der Waals surface area contributed by atoms with E-state index in [1.165, 1.54) is 12.0 Å². The first-order chi connectivity index (χ1) is 6.84. The summed E-state index contributed by atoms with van der Waals surface area (Å²) in [4.78, 5) is 0. The van der Waals surface area contributed by atoms with Crippen molar-refractivity contribution in [3.63, 3.8) is 0 Å². The van der Waals surface area contributed by atoms with E-state index in [0.717, 1.165) is 19.6 Å². The largest absolute Gasteiger partial charge is 0.385 e. The molecule has 1 aromatic rings. The summed E-state index contributed by atoms with van der Waals surface area (Å²) in [5.74, 6) is 0. The van der Waals surface area contributed by atoms with Crippen molar-refractivity contribution in [1.82, 2.24) is 5.32 Å². The van der Waals surface area contributed by atoms with E-state index in [-0.39, 0.29) is 0 Å². The van der Waals surface area contributed by atoms with Crippen LogP contribution in [0.25, 0.3) is 0 Å². The molecule has 1 aromatic heterocycles. The average molecular weight is 213 g/mol. The van der Waals surface area contributed by atoms with Gasteiger partial charge < -0.3 is 10.1 Å². The zero-order valence-electron chi connectivity index (χ0n) is 8.95. The fraction of sp³-hybridized carbons (Fsp3) is 0.636. The second-order valence-corrected chi connectivity index (χ2v) is 4.21. The molecule has 0 spiro atoms. The molecular weight excluding hydrogens is 194 g/mol. The SMILES string of the molecule is COCCCCNC(C)c1ccsc1. The second kappa shape index (κ2) is 6.98. The van der Waals surface area contributed by atoms with Crippen molar-refractivity contribution in [3.05, 3.63) is 22.4 Å². The van der Waals surface area contributed by atoms with Gasteiger partial charge in [0.05, 0.1) is 0 Å². The highest BCUT2D eigenvalue weighted by Gasteiger charge is 2.03. The molecule has 80 valence electrons. The molecule has 0 fully saturated rings. The van der Waals surface area contributed by atoms with Crippen molar-refractivity contribution in [2.75, 3.05) is 20.3 Å². The monoisotopic (exact) mass is 213 g/mol. The predicted molar refractivity (Wildman–Crippen MR) is 61.8 cm³/mol. The van der Waals surface area contributed by atoms with Gasteiger partial charge in [-0.05, 0) is 48.7 Å². The molecule has 1 unspecified atom stereocenters. The zero-order chi connectivity index (χ0) is 10.2. The molecule has 0 aliphatic carbocycles. The maximum absolute atomic E-state index is 5.00. The summed E-state index contributed by atoms with van der Waals surface area (Å²) in [5, 5.41) is 7.82. The third-order valence-corrected chi connectivity index (χ3v) is 2.97. The summed E-state index contributed by atoms with van der Waals surface area (Å²) in [7, 11) is 1.75. The molecule has 0 aliphatic rings. The average Bonchev–Trinajstić information content (AvgIpc) is 2.70. The molecule has 0 amide bonds. The van der Waals surface area contributed by atoms with Crippen LogP contribution in [0.4, 0.5) is 0 Å². The van der Waals surface area contributed by atoms with E-state index in [1.807, 2.05) is 0 Å². The fourth-order valence-electron chi connectivity index (χ4n) is 1.33. The van der Waals surface area contributed by atoms with Gasteiger partial charge >= 0.3 is 0 Å². The number of nitrogens with one attached hydrogen (secondary N) is 1. The maximum atomic E-state index is 5.00. The molecule has 2 nitrogen and oxygen atoms in total. The van der Waals surface area contributed by atoms with Crippen LogP contribution in [0.2, 0.25) is 0 Å². The quantitative estimate of drug-likeness (QED) is 0.703. The van der Waals surface area contributed by atoms with E-state index < -0.39 is 0 Å². The number of hydrogen-bond donors (Lipinski definition) is 1. The molecule has 1 rings (SSSR count). The highest BCUT2D eigenvalue weighted by molar-refractivity contribution is 7.07. The Balaban J connectivity index is 2.07. The minimum Gasteiger partial charge on any atom is -0.385 e. The Bertz CT molecular complexity index is 223. The predicted octanol–water partition coefficient (Wildman–Crippen LogP) is 2.83. The van der Waals surface area contributed by atoms with Crippen LogP contribution in [-0.2, 0) is 4.74 Å². The topological polar surface area (TPSA) is 21.3 Å². The Morgan fingerprint density at radius 1 is 1.50 bits per heavy atom. The number of methoxy groups -OCH3 is 1. The summed E-state index contributed by atoms with van der Waals surface area (Å²) in [6, 6.07) is 2.65. The van der Waals surface area contributed by atoms with Crippen LogP contribution >= 0.6 is 11.3 Å². The van der Waals surface area contributed by atoms with E-state index in [4.69, 9.17) is 4.74 Å². The molecule has 1 atom stereocenters. The van der Waals surface area contributed by atoms with Gasteiger partial charge in [-0.25, -0.2) is 0 Å². The first-order valence-electron chi connectivity index (χ1n) is 5.09. The molecule has 0 radical (unpaired) electrons. The Morgan fingerprint density at radius 3 is 3.00 bits per heavy atom. The number of thiophene rings is 1. The van der Waals surface area contributed by atoms with Crippen LogP contribution in [0.15, 0.2) is 16.8 Å². The van der Waals surface area contributed by atoms with Crippen molar-refractivity contribution in [1.29, 1.82) is 0 Å². The molecule has 0 aromatic carbocycles. The first kappa shape index (κ1) is 11.7. The third-order valence-electron chi connectivity index (χ3n) is 2.27. The van der Waals surface area contributed by atoms with Crippen LogP contribution in [0.5, 0.6) is 0 Å². The highest BCUT2D eigenvalue weighted by Crippen LogP contribution is 2.15. The summed E-state index contributed by atoms with van der Waals surface area (Å²) in [6.45, 7) is 4.15. The van der Waals surface area contributed by atoms with Crippen molar-refractivity contribution >= 4 is 11.3 Å². The summed E-state index contributed by atoms with van der Waals surface area (Å²) >= 11 is 1.76. The minimum absolute atomic E-state index is 0.476. The normalized spacial score (nSPS) is 13.0. The van der Waals surface area contributed by atoms with E-state index in [9.17, 15) is 0 Å². The van der Waals surface area contributed by atoms with E-state index in [2.05, 4.69) is 29.1 Å². The number of ether oxygens (including phenoxy) is 1. The number of hydrogen-bond acceptors (Lipinski definition) is 3. The van der Waals surface area contributed by atoms with Crippen LogP contribution in [0.3, 0.4) is 0 Å². The Labute approximate surface area is 90.3 Å². The van der Waals surface area contributed by atoms with Crippen molar-refractivity contribution in [2.24, 2.45) is 0 Å². The van der Waals surface area contributed by atoms with Gasteiger partial charge in [-0.1, -0.05) is 0 Å². The number of unbranched alkanes of at least 4 members (excludes halogenated alkanes) is 1.